The quantitative estimate of drug-likeness (QED) is 0.722. The Morgan fingerprint density at radius 2 is 1.79 bits per heavy atom. The van der Waals surface area contributed by atoms with Gasteiger partial charge in [-0.1, -0.05) is 24.3 Å². The van der Waals surface area contributed by atoms with E-state index in [0.717, 1.165) is 5.69 Å². The molecule has 3 rings (SSSR count). The van der Waals surface area contributed by atoms with Gasteiger partial charge in [-0.3, -0.25) is 9.78 Å². The summed E-state index contributed by atoms with van der Waals surface area (Å²) in [6.07, 6.45) is 3.24. The van der Waals surface area contributed by atoms with E-state index in [1.54, 1.807) is 30.3 Å². The summed E-state index contributed by atoms with van der Waals surface area (Å²) in [5.41, 5.74) is 1.35. The molecular weight excluding hydrogens is 302 g/mol. The molecule has 0 N–H and O–H groups in total. The number of rotatable bonds is 5. The Kier molecular flexibility index (Phi) is 4.81. The van der Waals surface area contributed by atoms with Crippen LogP contribution < -0.4 is 4.74 Å². The van der Waals surface area contributed by atoms with E-state index in [9.17, 15) is 4.79 Å². The molecule has 5 heteroatoms. The standard InChI is InChI=1S/C19H17N3O2/c1-22(14-16-7-5-6-12-20-16)19(23)15-10-11-18(21-13-15)24-17-8-3-2-4-9-17/h2-13H,14H2,1H3. The molecule has 2 heterocycles. The largest absolute Gasteiger partial charge is 0.439 e. The van der Waals surface area contributed by atoms with Gasteiger partial charge in [0.05, 0.1) is 17.8 Å². The van der Waals surface area contributed by atoms with Crippen molar-refractivity contribution in [2.45, 2.75) is 6.54 Å². The number of para-hydroxylation sites is 1. The second-order valence-electron chi connectivity index (χ2n) is 5.28. The summed E-state index contributed by atoms with van der Waals surface area (Å²) in [5, 5.41) is 0. The molecule has 2 aromatic heterocycles. The summed E-state index contributed by atoms with van der Waals surface area (Å²) in [6, 6.07) is 18.4. The van der Waals surface area contributed by atoms with Gasteiger partial charge in [0.25, 0.3) is 5.91 Å². The van der Waals surface area contributed by atoms with Gasteiger partial charge < -0.3 is 9.64 Å². The molecule has 0 atom stereocenters. The molecule has 0 radical (unpaired) electrons. The van der Waals surface area contributed by atoms with E-state index in [1.165, 1.54) is 6.20 Å². The van der Waals surface area contributed by atoms with Gasteiger partial charge in [-0.25, -0.2) is 4.98 Å². The first-order valence-corrected chi connectivity index (χ1v) is 7.57. The smallest absolute Gasteiger partial charge is 0.255 e. The van der Waals surface area contributed by atoms with E-state index < -0.39 is 0 Å². The van der Waals surface area contributed by atoms with Gasteiger partial charge in [-0.2, -0.15) is 0 Å². The van der Waals surface area contributed by atoms with Crippen LogP contribution in [0.15, 0.2) is 73.1 Å². The first-order chi connectivity index (χ1) is 11.7. The Hall–Kier alpha value is -3.21. The summed E-state index contributed by atoms with van der Waals surface area (Å²) in [5.74, 6) is 1.04. The lowest BCUT2D eigenvalue weighted by Gasteiger charge is -2.16. The first kappa shape index (κ1) is 15.7. The van der Waals surface area contributed by atoms with Gasteiger partial charge in [0.1, 0.15) is 5.75 Å². The molecule has 5 nitrogen and oxygen atoms in total. The molecule has 0 aliphatic rings. The molecular formula is C19H17N3O2. The average Bonchev–Trinajstić information content (AvgIpc) is 2.63. The Balaban J connectivity index is 1.65. The third kappa shape index (κ3) is 3.95. The molecule has 0 fully saturated rings. The number of amides is 1. The Morgan fingerprint density at radius 3 is 2.46 bits per heavy atom. The predicted octanol–water partition coefficient (Wildman–Crippen LogP) is 3.54. The van der Waals surface area contributed by atoms with Crippen molar-refractivity contribution in [1.82, 2.24) is 14.9 Å². The minimum absolute atomic E-state index is 0.112. The molecule has 0 aliphatic heterocycles. The summed E-state index contributed by atoms with van der Waals surface area (Å²) >= 11 is 0. The first-order valence-electron chi connectivity index (χ1n) is 7.57. The third-order valence-electron chi connectivity index (χ3n) is 3.42. The fraction of sp³-hybridized carbons (Fsp3) is 0.105. The minimum Gasteiger partial charge on any atom is -0.439 e. The van der Waals surface area contributed by atoms with Gasteiger partial charge in [0, 0.05) is 25.5 Å². The van der Waals surface area contributed by atoms with E-state index in [1.807, 2.05) is 48.5 Å². The normalized spacial score (nSPS) is 10.2. The van der Waals surface area contributed by atoms with Gasteiger partial charge >= 0.3 is 0 Å². The zero-order chi connectivity index (χ0) is 16.8. The van der Waals surface area contributed by atoms with Crippen LogP contribution in [0.3, 0.4) is 0 Å². The molecule has 3 aromatic rings. The highest BCUT2D eigenvalue weighted by molar-refractivity contribution is 5.93. The molecule has 0 spiro atoms. The molecule has 120 valence electrons. The Labute approximate surface area is 140 Å². The number of hydrogen-bond donors (Lipinski definition) is 0. The minimum atomic E-state index is -0.112. The van der Waals surface area contributed by atoms with Crippen molar-refractivity contribution in [3.05, 3.63) is 84.3 Å². The van der Waals surface area contributed by atoms with Crippen LogP contribution in [0.5, 0.6) is 11.6 Å². The van der Waals surface area contributed by atoms with Gasteiger partial charge in [-0.05, 0) is 30.3 Å². The van der Waals surface area contributed by atoms with Gasteiger partial charge in [0.15, 0.2) is 0 Å². The molecule has 0 bridgehead atoms. The van der Waals surface area contributed by atoms with Crippen molar-refractivity contribution in [2.75, 3.05) is 7.05 Å². The number of carbonyl (C=O) groups excluding carboxylic acids is 1. The summed E-state index contributed by atoms with van der Waals surface area (Å²) in [4.78, 5) is 22.5. The zero-order valence-corrected chi connectivity index (χ0v) is 13.3. The third-order valence-corrected chi connectivity index (χ3v) is 3.42. The molecule has 1 aromatic carbocycles. The zero-order valence-electron chi connectivity index (χ0n) is 13.3. The van der Waals surface area contributed by atoms with Crippen molar-refractivity contribution >= 4 is 5.91 Å². The van der Waals surface area contributed by atoms with Crippen LogP contribution in [0.25, 0.3) is 0 Å². The van der Waals surface area contributed by atoms with E-state index in [-0.39, 0.29) is 5.91 Å². The molecule has 0 aliphatic carbocycles. The van der Waals surface area contributed by atoms with E-state index in [4.69, 9.17) is 4.74 Å². The van der Waals surface area contributed by atoms with E-state index in [0.29, 0.717) is 23.7 Å². The lowest BCUT2D eigenvalue weighted by atomic mass is 10.2. The molecule has 0 saturated heterocycles. The highest BCUT2D eigenvalue weighted by Crippen LogP contribution is 2.19. The lowest BCUT2D eigenvalue weighted by Crippen LogP contribution is -2.26. The fourth-order valence-corrected chi connectivity index (χ4v) is 2.20. The average molecular weight is 319 g/mol. The number of nitrogens with zero attached hydrogens (tertiary/aromatic N) is 3. The molecule has 24 heavy (non-hydrogen) atoms. The van der Waals surface area contributed by atoms with Crippen molar-refractivity contribution < 1.29 is 9.53 Å². The maximum atomic E-state index is 12.4. The van der Waals surface area contributed by atoms with Crippen LogP contribution in [-0.4, -0.2) is 27.8 Å². The topological polar surface area (TPSA) is 55.3 Å². The van der Waals surface area contributed by atoms with Crippen LogP contribution in [0, 0.1) is 0 Å². The second kappa shape index (κ2) is 7.37. The monoisotopic (exact) mass is 319 g/mol. The second-order valence-corrected chi connectivity index (χ2v) is 5.28. The summed E-state index contributed by atoms with van der Waals surface area (Å²) < 4.78 is 5.62. The van der Waals surface area contributed by atoms with Crippen molar-refractivity contribution in [2.24, 2.45) is 0 Å². The molecule has 0 unspecified atom stereocenters. The highest BCUT2D eigenvalue weighted by atomic mass is 16.5. The lowest BCUT2D eigenvalue weighted by molar-refractivity contribution is 0.0783. The van der Waals surface area contributed by atoms with Gasteiger partial charge in [-0.15, -0.1) is 0 Å². The number of carbonyl (C=O) groups is 1. The SMILES string of the molecule is CN(Cc1ccccn1)C(=O)c1ccc(Oc2ccccc2)nc1. The van der Waals surface area contributed by atoms with Crippen molar-refractivity contribution in [1.29, 1.82) is 0 Å². The number of pyridine rings is 2. The van der Waals surface area contributed by atoms with Crippen LogP contribution in [-0.2, 0) is 6.54 Å². The van der Waals surface area contributed by atoms with Crippen LogP contribution >= 0.6 is 0 Å². The van der Waals surface area contributed by atoms with Crippen LogP contribution in [0.1, 0.15) is 16.1 Å². The highest BCUT2D eigenvalue weighted by Gasteiger charge is 2.13. The fourth-order valence-electron chi connectivity index (χ4n) is 2.20. The predicted molar refractivity (Wildman–Crippen MR) is 90.8 cm³/mol. The maximum Gasteiger partial charge on any atom is 0.255 e. The van der Waals surface area contributed by atoms with Gasteiger partial charge in [0.2, 0.25) is 5.88 Å². The number of hydrogen-bond acceptors (Lipinski definition) is 4. The summed E-state index contributed by atoms with van der Waals surface area (Å²) in [7, 11) is 1.74. The van der Waals surface area contributed by atoms with E-state index in [2.05, 4.69) is 9.97 Å². The Morgan fingerprint density at radius 1 is 1.00 bits per heavy atom. The van der Waals surface area contributed by atoms with E-state index >= 15 is 0 Å². The molecule has 0 saturated carbocycles. The van der Waals surface area contributed by atoms with Crippen LogP contribution in [0.2, 0.25) is 0 Å². The molecule has 1 amide bonds. The maximum absolute atomic E-state index is 12.4. The van der Waals surface area contributed by atoms with Crippen LogP contribution in [0.4, 0.5) is 0 Å². The number of aromatic nitrogens is 2. The van der Waals surface area contributed by atoms with Crippen molar-refractivity contribution in [3.63, 3.8) is 0 Å². The summed E-state index contributed by atoms with van der Waals surface area (Å²) in [6.45, 7) is 0.446. The number of benzene rings is 1. The van der Waals surface area contributed by atoms with Crippen molar-refractivity contribution in [3.8, 4) is 11.6 Å². The Bertz CT molecular complexity index is 790. The number of ether oxygens (including phenoxy) is 1.